The smallest absolute Gasteiger partial charge is 0.410 e. The summed E-state index contributed by atoms with van der Waals surface area (Å²) in [5.74, 6) is 0. The first-order valence-electron chi connectivity index (χ1n) is 11.8. The average molecular weight is 482 g/mol. The normalized spacial score (nSPS) is 20.0. The molecule has 0 aliphatic carbocycles. The van der Waals surface area contributed by atoms with Crippen molar-refractivity contribution in [3.8, 4) is 0 Å². The summed E-state index contributed by atoms with van der Waals surface area (Å²) in [6.45, 7) is 11.3. The number of benzene rings is 1. The number of hydrogen-bond donors (Lipinski definition) is 1. The molecule has 1 N–H and O–H groups in total. The van der Waals surface area contributed by atoms with Crippen LogP contribution in [-0.2, 0) is 14.6 Å². The molecule has 0 saturated carbocycles. The number of ether oxygens (including phenoxy) is 1. The molecule has 0 aromatic heterocycles. The van der Waals surface area contributed by atoms with Crippen molar-refractivity contribution in [3.63, 3.8) is 0 Å². The molecule has 2 aliphatic rings. The van der Waals surface area contributed by atoms with Gasteiger partial charge in [-0.05, 0) is 77.3 Å². The molecule has 2 fully saturated rings. The monoisotopic (exact) mass is 481 g/mol. The molecule has 2 aliphatic heterocycles. The second kappa shape index (κ2) is 10.2. The predicted molar refractivity (Wildman–Crippen MR) is 129 cm³/mol. The molecule has 0 spiro atoms. The summed E-state index contributed by atoms with van der Waals surface area (Å²) in [5.41, 5.74) is -0.163. The van der Waals surface area contributed by atoms with Crippen LogP contribution in [0.15, 0.2) is 29.2 Å². The lowest BCUT2D eigenvalue weighted by Crippen LogP contribution is -2.49. The third-order valence-corrected chi connectivity index (χ3v) is 7.59. The highest BCUT2D eigenvalue weighted by Gasteiger charge is 2.35. The number of aliphatic hydroxyl groups is 1. The number of hydrogen-bond acceptors (Lipinski definition) is 7. The molecule has 33 heavy (non-hydrogen) atoms. The van der Waals surface area contributed by atoms with Gasteiger partial charge < -0.3 is 19.6 Å². The van der Waals surface area contributed by atoms with Crippen molar-refractivity contribution in [3.05, 3.63) is 24.3 Å². The fraction of sp³-hybridized carbons (Fsp3) is 0.708. The molecule has 2 saturated heterocycles. The molecule has 0 atom stereocenters. The Kier molecular flexibility index (Phi) is 7.96. The number of anilines is 1. The Balaban J connectivity index is 1.37. The van der Waals surface area contributed by atoms with E-state index in [1.807, 2.05) is 32.9 Å². The fourth-order valence-corrected chi connectivity index (χ4v) is 5.08. The summed E-state index contributed by atoms with van der Waals surface area (Å²) in [5, 5.41) is 11.0. The summed E-state index contributed by atoms with van der Waals surface area (Å²) in [6, 6.07) is 7.11. The van der Waals surface area contributed by atoms with Crippen LogP contribution in [0.2, 0.25) is 0 Å². The molecular weight excluding hydrogens is 442 g/mol. The molecule has 1 amide bonds. The van der Waals surface area contributed by atoms with Gasteiger partial charge in [-0.1, -0.05) is 0 Å². The van der Waals surface area contributed by atoms with E-state index in [4.69, 9.17) is 4.74 Å². The second-order valence-corrected chi connectivity index (χ2v) is 12.4. The molecule has 0 unspecified atom stereocenters. The number of amides is 1. The summed E-state index contributed by atoms with van der Waals surface area (Å²) < 4.78 is 28.7. The van der Waals surface area contributed by atoms with Crippen molar-refractivity contribution in [2.24, 2.45) is 0 Å². The number of piperidine rings is 1. The van der Waals surface area contributed by atoms with Gasteiger partial charge in [0.05, 0.1) is 10.5 Å². The van der Waals surface area contributed by atoms with E-state index < -0.39 is 21.0 Å². The van der Waals surface area contributed by atoms with Crippen LogP contribution in [0, 0.1) is 0 Å². The van der Waals surface area contributed by atoms with Gasteiger partial charge >= 0.3 is 6.09 Å². The highest BCUT2D eigenvalue weighted by atomic mass is 32.2. The molecule has 0 bridgehead atoms. The predicted octanol–water partition coefficient (Wildman–Crippen LogP) is 2.75. The Bertz CT molecular complexity index is 895. The number of likely N-dealkylation sites (tertiary alicyclic amines) is 1. The minimum absolute atomic E-state index is 0.298. The summed E-state index contributed by atoms with van der Waals surface area (Å²) in [7, 11) is -3.17. The van der Waals surface area contributed by atoms with Crippen molar-refractivity contribution in [1.29, 1.82) is 0 Å². The van der Waals surface area contributed by atoms with Crippen molar-refractivity contribution in [1.82, 2.24) is 9.80 Å². The maximum absolute atomic E-state index is 12.2. The lowest BCUT2D eigenvalue weighted by molar-refractivity contribution is -0.0385. The zero-order chi connectivity index (χ0) is 24.3. The molecule has 186 valence electrons. The number of carbonyl (C=O) groups excluding carboxylic acids is 1. The first kappa shape index (κ1) is 25.8. The topological polar surface area (TPSA) is 90.4 Å². The van der Waals surface area contributed by atoms with Gasteiger partial charge in [-0.3, -0.25) is 4.90 Å². The van der Waals surface area contributed by atoms with Crippen LogP contribution < -0.4 is 4.90 Å². The van der Waals surface area contributed by atoms with Crippen LogP contribution in [-0.4, -0.2) is 92.7 Å². The molecule has 8 nitrogen and oxygen atoms in total. The quantitative estimate of drug-likeness (QED) is 0.668. The van der Waals surface area contributed by atoms with Crippen LogP contribution in [0.4, 0.5) is 10.5 Å². The molecule has 2 heterocycles. The van der Waals surface area contributed by atoms with E-state index in [-0.39, 0.29) is 6.09 Å². The standard InChI is InChI=1S/C24H39N3O5S/c1-23(2,3)32-22(28)27-14-11-24(29,12-15-27)10-5-13-25-16-18-26(19-17-25)20-6-8-21(9-7-20)33(4,30)31/h6-9,29H,5,10-19H2,1-4H3. The number of carbonyl (C=O) groups is 1. The summed E-state index contributed by atoms with van der Waals surface area (Å²) >= 11 is 0. The van der Waals surface area contributed by atoms with Gasteiger partial charge in [0.15, 0.2) is 9.84 Å². The van der Waals surface area contributed by atoms with E-state index in [0.29, 0.717) is 30.8 Å². The lowest BCUT2D eigenvalue weighted by Gasteiger charge is -2.39. The molecule has 0 radical (unpaired) electrons. The van der Waals surface area contributed by atoms with Crippen molar-refractivity contribution in [2.75, 3.05) is 57.0 Å². The highest BCUT2D eigenvalue weighted by Crippen LogP contribution is 2.28. The molecular formula is C24H39N3O5S. The fourth-order valence-electron chi connectivity index (χ4n) is 4.45. The Morgan fingerprint density at radius 1 is 1.03 bits per heavy atom. The number of rotatable bonds is 6. The molecule has 1 aromatic rings. The molecule has 3 rings (SSSR count). The maximum atomic E-state index is 12.2. The summed E-state index contributed by atoms with van der Waals surface area (Å²) in [4.78, 5) is 19.0. The van der Waals surface area contributed by atoms with Gasteiger partial charge in [0.1, 0.15) is 5.60 Å². The summed E-state index contributed by atoms with van der Waals surface area (Å²) in [6.07, 6.45) is 3.76. The molecule has 1 aromatic carbocycles. The Morgan fingerprint density at radius 3 is 2.12 bits per heavy atom. The van der Waals surface area contributed by atoms with Gasteiger partial charge in [0, 0.05) is 51.2 Å². The van der Waals surface area contributed by atoms with E-state index >= 15 is 0 Å². The lowest BCUT2D eigenvalue weighted by atomic mass is 9.87. The number of piperazine rings is 1. The molecule has 9 heteroatoms. The Morgan fingerprint density at radius 2 is 1.61 bits per heavy atom. The number of sulfone groups is 1. The van der Waals surface area contributed by atoms with Crippen LogP contribution >= 0.6 is 0 Å². The number of nitrogens with zero attached hydrogens (tertiary/aromatic N) is 3. The van der Waals surface area contributed by atoms with E-state index in [9.17, 15) is 18.3 Å². The van der Waals surface area contributed by atoms with E-state index in [1.165, 1.54) is 6.26 Å². The minimum Gasteiger partial charge on any atom is -0.444 e. The van der Waals surface area contributed by atoms with Crippen molar-refractivity contribution in [2.45, 2.75) is 62.6 Å². The van der Waals surface area contributed by atoms with Gasteiger partial charge in [0.2, 0.25) is 0 Å². The zero-order valence-electron chi connectivity index (χ0n) is 20.4. The first-order chi connectivity index (χ1) is 15.3. The first-order valence-corrected chi connectivity index (χ1v) is 13.7. The van der Waals surface area contributed by atoms with Gasteiger partial charge in [-0.2, -0.15) is 0 Å². The van der Waals surface area contributed by atoms with Crippen molar-refractivity contribution >= 4 is 21.6 Å². The van der Waals surface area contributed by atoms with E-state index in [0.717, 1.165) is 51.3 Å². The zero-order valence-corrected chi connectivity index (χ0v) is 21.2. The largest absolute Gasteiger partial charge is 0.444 e. The van der Waals surface area contributed by atoms with E-state index in [1.54, 1.807) is 17.0 Å². The Labute approximate surface area is 198 Å². The average Bonchev–Trinajstić information content (AvgIpc) is 2.73. The van der Waals surface area contributed by atoms with Gasteiger partial charge in [-0.15, -0.1) is 0 Å². The van der Waals surface area contributed by atoms with Gasteiger partial charge in [-0.25, -0.2) is 13.2 Å². The van der Waals surface area contributed by atoms with E-state index in [2.05, 4.69) is 9.80 Å². The maximum Gasteiger partial charge on any atom is 0.410 e. The van der Waals surface area contributed by atoms with Crippen molar-refractivity contribution < 1.29 is 23.1 Å². The van der Waals surface area contributed by atoms with Crippen LogP contribution in [0.1, 0.15) is 46.5 Å². The van der Waals surface area contributed by atoms with Gasteiger partial charge in [0.25, 0.3) is 0 Å². The minimum atomic E-state index is -3.17. The Hall–Kier alpha value is -1.84. The highest BCUT2D eigenvalue weighted by molar-refractivity contribution is 7.90. The third-order valence-electron chi connectivity index (χ3n) is 6.46. The SMILES string of the molecule is CC(C)(C)OC(=O)N1CCC(O)(CCCN2CCN(c3ccc(S(C)(=O)=O)cc3)CC2)CC1. The van der Waals surface area contributed by atoms with Crippen LogP contribution in [0.25, 0.3) is 0 Å². The van der Waals surface area contributed by atoms with Crippen LogP contribution in [0.3, 0.4) is 0 Å². The van der Waals surface area contributed by atoms with Crippen LogP contribution in [0.5, 0.6) is 0 Å². The second-order valence-electron chi connectivity index (χ2n) is 10.4. The third kappa shape index (κ3) is 7.58.